The fourth-order valence-corrected chi connectivity index (χ4v) is 3.48. The number of amides is 2. The smallest absolute Gasteiger partial charge is 0.236 e. The molecule has 0 spiro atoms. The Morgan fingerprint density at radius 3 is 1.54 bits per heavy atom. The number of unbranched alkanes of at least 4 members (excludes halogenated alkanes) is 2. The molecular formula is C23H51N11O3. The van der Waals surface area contributed by atoms with E-state index in [4.69, 9.17) is 39.1 Å². The normalized spacial score (nSPS) is 12.5. The first-order valence-electron chi connectivity index (χ1n) is 13.1. The minimum Gasteiger partial charge on any atom is -0.383 e. The van der Waals surface area contributed by atoms with E-state index >= 15 is 0 Å². The van der Waals surface area contributed by atoms with Crippen molar-refractivity contribution in [3.05, 3.63) is 0 Å². The zero-order chi connectivity index (χ0) is 27.9. The van der Waals surface area contributed by atoms with Gasteiger partial charge >= 0.3 is 0 Å². The predicted molar refractivity (Wildman–Crippen MR) is 149 cm³/mol. The van der Waals surface area contributed by atoms with Crippen LogP contribution in [0.1, 0.15) is 51.4 Å². The molecule has 0 unspecified atom stereocenters. The first-order valence-corrected chi connectivity index (χ1v) is 13.1. The van der Waals surface area contributed by atoms with Crippen molar-refractivity contribution < 1.29 is 14.3 Å². The van der Waals surface area contributed by atoms with E-state index in [2.05, 4.69) is 25.5 Å². The Morgan fingerprint density at radius 2 is 1.16 bits per heavy atom. The predicted octanol–water partition coefficient (Wildman–Crippen LogP) is -2.51. The van der Waals surface area contributed by atoms with Crippen LogP contribution in [0.5, 0.6) is 0 Å². The van der Waals surface area contributed by atoms with E-state index in [-0.39, 0.29) is 23.7 Å². The average Bonchev–Trinajstić information content (AvgIpc) is 2.85. The van der Waals surface area contributed by atoms with Gasteiger partial charge in [0.1, 0.15) is 0 Å². The molecule has 0 aromatic rings. The number of nitrogens with zero attached hydrogens (tertiary/aromatic N) is 3. The van der Waals surface area contributed by atoms with Crippen molar-refractivity contribution in [2.24, 2.45) is 44.4 Å². The van der Waals surface area contributed by atoms with Gasteiger partial charge in [-0.15, -0.1) is 0 Å². The molecule has 0 saturated carbocycles. The highest BCUT2D eigenvalue weighted by atomic mass is 16.5. The third kappa shape index (κ3) is 21.1. The highest BCUT2D eigenvalue weighted by molar-refractivity contribution is 5.81. The second-order valence-corrected chi connectivity index (χ2v) is 8.94. The Hall–Kier alpha value is -2.68. The Balaban J connectivity index is 4.09. The molecule has 37 heavy (non-hydrogen) atoms. The number of rotatable bonds is 23. The van der Waals surface area contributed by atoms with Crippen molar-refractivity contribution in [2.45, 2.75) is 63.5 Å². The molecule has 0 aliphatic heterocycles. The summed E-state index contributed by atoms with van der Waals surface area (Å²) in [5, 5.41) is 5.80. The Kier molecular flexibility index (Phi) is 20.9. The molecule has 0 aromatic carbocycles. The molecule has 2 atom stereocenters. The molecule has 0 heterocycles. The van der Waals surface area contributed by atoms with Crippen LogP contribution < -0.4 is 45.0 Å². The SMILES string of the molecule is COCCN(CCCNC(=O)[C@H](N)CCCCN=C(N)N)CCCNC(=O)[C@@H](N)CCCCN=C(N)N. The van der Waals surface area contributed by atoms with Crippen molar-refractivity contribution in [1.29, 1.82) is 0 Å². The van der Waals surface area contributed by atoms with Crippen LogP contribution in [-0.2, 0) is 14.3 Å². The van der Waals surface area contributed by atoms with Crippen LogP contribution in [0, 0.1) is 0 Å². The molecule has 14 nitrogen and oxygen atoms in total. The fourth-order valence-electron chi connectivity index (χ4n) is 3.48. The minimum absolute atomic E-state index is 0.0685. The van der Waals surface area contributed by atoms with Gasteiger partial charge in [0.25, 0.3) is 0 Å². The lowest BCUT2D eigenvalue weighted by Crippen LogP contribution is -2.42. The number of methoxy groups -OCH3 is 1. The van der Waals surface area contributed by atoms with Crippen molar-refractivity contribution >= 4 is 23.7 Å². The van der Waals surface area contributed by atoms with Gasteiger partial charge in [0.15, 0.2) is 11.9 Å². The van der Waals surface area contributed by atoms with Crippen LogP contribution in [0.4, 0.5) is 0 Å². The van der Waals surface area contributed by atoms with E-state index in [0.29, 0.717) is 45.6 Å². The molecule has 0 aliphatic carbocycles. The maximum Gasteiger partial charge on any atom is 0.236 e. The van der Waals surface area contributed by atoms with Gasteiger partial charge in [-0.3, -0.25) is 19.6 Å². The van der Waals surface area contributed by atoms with Gasteiger partial charge in [-0.2, -0.15) is 0 Å². The van der Waals surface area contributed by atoms with E-state index in [1.807, 2.05) is 0 Å². The monoisotopic (exact) mass is 529 g/mol. The molecule has 2 amide bonds. The third-order valence-corrected chi connectivity index (χ3v) is 5.62. The number of aliphatic imine (C=N–C) groups is 2. The highest BCUT2D eigenvalue weighted by Gasteiger charge is 2.14. The van der Waals surface area contributed by atoms with Crippen molar-refractivity contribution in [2.75, 3.05) is 59.5 Å². The number of carbonyl (C=O) groups excluding carboxylic acids is 2. The summed E-state index contributed by atoms with van der Waals surface area (Å²) < 4.78 is 5.20. The zero-order valence-electron chi connectivity index (χ0n) is 22.5. The average molecular weight is 530 g/mol. The molecule has 216 valence electrons. The topological polar surface area (TPSA) is 252 Å². The number of hydrogen-bond acceptors (Lipinski definition) is 8. The molecule has 0 rings (SSSR count). The lowest BCUT2D eigenvalue weighted by atomic mass is 10.1. The van der Waals surface area contributed by atoms with Gasteiger partial charge in [0, 0.05) is 39.8 Å². The number of nitrogens with two attached hydrogens (primary N) is 6. The molecule has 0 radical (unpaired) electrons. The lowest BCUT2D eigenvalue weighted by Gasteiger charge is -2.22. The Labute approximate surface area is 221 Å². The largest absolute Gasteiger partial charge is 0.383 e. The Morgan fingerprint density at radius 1 is 0.730 bits per heavy atom. The van der Waals surface area contributed by atoms with Gasteiger partial charge in [-0.05, 0) is 64.5 Å². The number of carbonyl (C=O) groups is 2. The van der Waals surface area contributed by atoms with Crippen LogP contribution in [0.2, 0.25) is 0 Å². The summed E-state index contributed by atoms with van der Waals surface area (Å²) in [4.78, 5) is 34.4. The van der Waals surface area contributed by atoms with E-state index < -0.39 is 12.1 Å². The second kappa shape index (κ2) is 22.5. The summed E-state index contributed by atoms with van der Waals surface area (Å²) in [6.45, 7) is 5.11. The molecular weight excluding hydrogens is 478 g/mol. The summed E-state index contributed by atoms with van der Waals surface area (Å²) in [6, 6.07) is -1.09. The molecule has 0 aromatic heterocycles. The molecule has 0 aliphatic rings. The van der Waals surface area contributed by atoms with Gasteiger partial charge in [0.2, 0.25) is 11.8 Å². The zero-order valence-corrected chi connectivity index (χ0v) is 22.5. The van der Waals surface area contributed by atoms with Crippen LogP contribution >= 0.6 is 0 Å². The van der Waals surface area contributed by atoms with Crippen molar-refractivity contribution in [3.8, 4) is 0 Å². The minimum atomic E-state index is -0.544. The summed E-state index contributed by atoms with van der Waals surface area (Å²) in [5.41, 5.74) is 33.1. The quantitative estimate of drug-likeness (QED) is 0.0392. The highest BCUT2D eigenvalue weighted by Crippen LogP contribution is 2.01. The standard InChI is InChI=1S/C23H51N11O3/c1-37-17-16-34(14-6-12-30-20(35)18(24)8-2-4-10-32-22(26)27)15-7-13-31-21(36)19(25)9-3-5-11-33-23(28)29/h18-19H,2-17,24-25H2,1H3,(H,30,35)(H,31,36)(H4,26,27,32)(H4,28,29,33)/t18-,19+. The van der Waals surface area contributed by atoms with Crippen molar-refractivity contribution in [1.82, 2.24) is 15.5 Å². The van der Waals surface area contributed by atoms with E-state index in [0.717, 1.165) is 58.2 Å². The van der Waals surface area contributed by atoms with Gasteiger partial charge in [-0.1, -0.05) is 0 Å². The second-order valence-electron chi connectivity index (χ2n) is 8.94. The van der Waals surface area contributed by atoms with E-state index in [1.165, 1.54) is 0 Å². The summed E-state index contributed by atoms with van der Waals surface area (Å²) in [5.74, 6) is -0.167. The number of hydrogen-bond donors (Lipinski definition) is 8. The maximum absolute atomic E-state index is 12.2. The summed E-state index contributed by atoms with van der Waals surface area (Å²) >= 11 is 0. The van der Waals surface area contributed by atoms with Gasteiger partial charge in [-0.25, -0.2) is 0 Å². The molecule has 0 saturated heterocycles. The lowest BCUT2D eigenvalue weighted by molar-refractivity contribution is -0.123. The van der Waals surface area contributed by atoms with Crippen LogP contribution in [0.25, 0.3) is 0 Å². The number of nitrogens with one attached hydrogen (secondary N) is 2. The number of ether oxygens (including phenoxy) is 1. The first-order chi connectivity index (χ1) is 17.7. The first kappa shape index (κ1) is 34.3. The van der Waals surface area contributed by atoms with Crippen LogP contribution in [0.15, 0.2) is 9.98 Å². The van der Waals surface area contributed by atoms with E-state index in [1.54, 1.807) is 7.11 Å². The van der Waals surface area contributed by atoms with Gasteiger partial charge < -0.3 is 54.7 Å². The summed E-state index contributed by atoms with van der Waals surface area (Å²) in [6.07, 6.45) is 5.83. The van der Waals surface area contributed by atoms with E-state index in [9.17, 15) is 9.59 Å². The third-order valence-electron chi connectivity index (χ3n) is 5.62. The van der Waals surface area contributed by atoms with Crippen LogP contribution in [-0.4, -0.2) is 100 Å². The maximum atomic E-state index is 12.2. The molecule has 0 fully saturated rings. The molecule has 14 heteroatoms. The fraction of sp³-hybridized carbons (Fsp3) is 0.826. The van der Waals surface area contributed by atoms with Gasteiger partial charge in [0.05, 0.1) is 18.7 Å². The molecule has 14 N–H and O–H groups in total. The van der Waals surface area contributed by atoms with Crippen molar-refractivity contribution in [3.63, 3.8) is 0 Å². The van der Waals surface area contributed by atoms with Crippen LogP contribution in [0.3, 0.4) is 0 Å². The summed E-state index contributed by atoms with van der Waals surface area (Å²) in [7, 11) is 1.66. The number of guanidine groups is 2. The molecule has 0 bridgehead atoms. The Bertz CT molecular complexity index is 616.